The minimum absolute atomic E-state index is 0.237. The number of benzene rings is 2. The van der Waals surface area contributed by atoms with Gasteiger partial charge < -0.3 is 20.1 Å². The maximum atomic E-state index is 9.80. The van der Waals surface area contributed by atoms with Gasteiger partial charge in [0.1, 0.15) is 11.5 Å². The van der Waals surface area contributed by atoms with Crippen molar-refractivity contribution in [1.29, 1.82) is 0 Å². The second kappa shape index (κ2) is 7.82. The van der Waals surface area contributed by atoms with Gasteiger partial charge in [-0.05, 0) is 37.9 Å². The number of aromatic hydroxyl groups is 1. The van der Waals surface area contributed by atoms with Gasteiger partial charge in [0.25, 0.3) is 0 Å². The summed E-state index contributed by atoms with van der Waals surface area (Å²) in [4.78, 5) is 2.17. The average Bonchev–Trinajstić information content (AvgIpc) is 2.53. The predicted octanol–water partition coefficient (Wildman–Crippen LogP) is 2.79. The summed E-state index contributed by atoms with van der Waals surface area (Å²) < 4.78 is 5.30. The number of nitrogens with zero attached hydrogens (tertiary/aromatic N) is 1. The molecule has 0 aliphatic heterocycles. The van der Waals surface area contributed by atoms with Crippen molar-refractivity contribution in [2.45, 2.75) is 12.6 Å². The molecule has 2 N–H and O–H groups in total. The molecule has 2 aromatic rings. The van der Waals surface area contributed by atoms with Gasteiger partial charge in [-0.25, -0.2) is 0 Å². The molecule has 0 spiro atoms. The number of rotatable bonds is 7. The van der Waals surface area contributed by atoms with Gasteiger partial charge in [-0.15, -0.1) is 0 Å². The van der Waals surface area contributed by atoms with Crippen LogP contribution in [0.2, 0.25) is 0 Å². The van der Waals surface area contributed by atoms with E-state index in [0.717, 1.165) is 17.9 Å². The van der Waals surface area contributed by atoms with Gasteiger partial charge in [0.15, 0.2) is 0 Å². The van der Waals surface area contributed by atoms with Gasteiger partial charge in [0.2, 0.25) is 0 Å². The third kappa shape index (κ3) is 4.23. The molecule has 0 amide bonds. The highest BCUT2D eigenvalue weighted by Gasteiger charge is 2.14. The topological polar surface area (TPSA) is 44.7 Å². The molecule has 0 saturated carbocycles. The third-order valence-electron chi connectivity index (χ3n) is 3.75. The number of phenolic OH excluding ortho intramolecular Hbond substituents is 1. The zero-order valence-electron chi connectivity index (χ0n) is 13.4. The summed E-state index contributed by atoms with van der Waals surface area (Å²) in [7, 11) is 5.80. The Balaban J connectivity index is 2.02. The molecule has 0 aliphatic carbocycles. The van der Waals surface area contributed by atoms with Crippen LogP contribution in [0.1, 0.15) is 17.2 Å². The van der Waals surface area contributed by atoms with Gasteiger partial charge in [-0.3, -0.25) is 0 Å². The molecule has 4 nitrogen and oxygen atoms in total. The lowest BCUT2D eigenvalue weighted by molar-refractivity contribution is 0.287. The normalized spacial score (nSPS) is 12.4. The molecular weight excluding hydrogens is 276 g/mol. The highest BCUT2D eigenvalue weighted by molar-refractivity contribution is 5.32. The molecule has 1 atom stereocenters. The third-order valence-corrected chi connectivity index (χ3v) is 3.75. The molecule has 0 aliphatic rings. The molecule has 0 heterocycles. The zero-order valence-corrected chi connectivity index (χ0v) is 13.4. The number of methoxy groups -OCH3 is 1. The first-order chi connectivity index (χ1) is 10.6. The van der Waals surface area contributed by atoms with Crippen LogP contribution in [0.4, 0.5) is 0 Å². The van der Waals surface area contributed by atoms with Gasteiger partial charge in [-0.2, -0.15) is 0 Å². The Bertz CT molecular complexity index is 599. The van der Waals surface area contributed by atoms with E-state index in [-0.39, 0.29) is 6.04 Å². The van der Waals surface area contributed by atoms with Crippen molar-refractivity contribution in [1.82, 2.24) is 10.2 Å². The zero-order chi connectivity index (χ0) is 15.9. The van der Waals surface area contributed by atoms with E-state index in [9.17, 15) is 5.11 Å². The maximum Gasteiger partial charge on any atom is 0.120 e. The number of hydrogen-bond donors (Lipinski definition) is 2. The number of ether oxygens (including phenoxy) is 1. The van der Waals surface area contributed by atoms with Crippen LogP contribution in [0, 0.1) is 0 Å². The number of hydrogen-bond acceptors (Lipinski definition) is 4. The van der Waals surface area contributed by atoms with Crippen molar-refractivity contribution < 1.29 is 9.84 Å². The summed E-state index contributed by atoms with van der Waals surface area (Å²) in [6.07, 6.45) is 0. The van der Waals surface area contributed by atoms with Crippen molar-refractivity contribution >= 4 is 0 Å². The van der Waals surface area contributed by atoms with Crippen LogP contribution in [0.3, 0.4) is 0 Å². The molecule has 0 bridgehead atoms. The molecule has 22 heavy (non-hydrogen) atoms. The number of likely N-dealkylation sites (N-methyl/N-ethyl adjacent to an activating group) is 1. The van der Waals surface area contributed by atoms with Crippen LogP contribution in [0.15, 0.2) is 48.5 Å². The summed E-state index contributed by atoms with van der Waals surface area (Å²) in [5.74, 6) is 1.20. The quantitative estimate of drug-likeness (QED) is 0.825. The van der Waals surface area contributed by atoms with E-state index >= 15 is 0 Å². The molecule has 118 valence electrons. The fraction of sp³-hybridized carbons (Fsp3) is 0.333. The molecule has 1 unspecified atom stereocenters. The predicted molar refractivity (Wildman–Crippen MR) is 89.2 cm³/mol. The van der Waals surface area contributed by atoms with Crippen LogP contribution in [-0.2, 0) is 6.54 Å². The number of phenols is 1. The Morgan fingerprint density at radius 1 is 1.14 bits per heavy atom. The maximum absolute atomic E-state index is 9.80. The number of nitrogens with one attached hydrogen (secondary N) is 1. The van der Waals surface area contributed by atoms with Gasteiger partial charge in [-0.1, -0.05) is 30.3 Å². The molecule has 0 fully saturated rings. The van der Waals surface area contributed by atoms with Crippen molar-refractivity contribution in [3.63, 3.8) is 0 Å². The standard InChI is InChI=1S/C18H24N2O2/c1-20(2)17(14-8-6-9-16(11-14)22-3)13-19-12-15-7-4-5-10-18(15)21/h4-11,17,19,21H,12-13H2,1-3H3. The molecule has 4 heteroatoms. The fourth-order valence-electron chi connectivity index (χ4n) is 2.45. The first-order valence-electron chi connectivity index (χ1n) is 7.39. The smallest absolute Gasteiger partial charge is 0.120 e. The second-order valence-electron chi connectivity index (χ2n) is 5.52. The average molecular weight is 300 g/mol. The molecule has 2 aromatic carbocycles. The lowest BCUT2D eigenvalue weighted by Gasteiger charge is -2.25. The fourth-order valence-corrected chi connectivity index (χ4v) is 2.45. The van der Waals surface area contributed by atoms with E-state index in [2.05, 4.69) is 36.4 Å². The first-order valence-corrected chi connectivity index (χ1v) is 7.39. The van der Waals surface area contributed by atoms with Gasteiger partial charge in [0.05, 0.1) is 7.11 Å². The number of para-hydroxylation sites is 1. The minimum atomic E-state index is 0.237. The molecule has 0 radical (unpaired) electrons. The summed E-state index contributed by atoms with van der Waals surface area (Å²) in [5, 5.41) is 13.2. The lowest BCUT2D eigenvalue weighted by atomic mass is 10.1. The van der Waals surface area contributed by atoms with E-state index < -0.39 is 0 Å². The molecular formula is C18H24N2O2. The molecule has 2 rings (SSSR count). The summed E-state index contributed by atoms with van der Waals surface area (Å²) in [5.41, 5.74) is 2.11. The highest BCUT2D eigenvalue weighted by atomic mass is 16.5. The summed E-state index contributed by atoms with van der Waals surface area (Å²) >= 11 is 0. The Labute approximate surface area is 132 Å². The van der Waals surface area contributed by atoms with Gasteiger partial charge in [0, 0.05) is 24.7 Å². The van der Waals surface area contributed by atoms with E-state index in [0.29, 0.717) is 12.3 Å². The molecule has 0 saturated heterocycles. The van der Waals surface area contributed by atoms with Crippen LogP contribution in [0.5, 0.6) is 11.5 Å². The van der Waals surface area contributed by atoms with E-state index in [1.165, 1.54) is 5.56 Å². The second-order valence-corrected chi connectivity index (χ2v) is 5.52. The first kappa shape index (κ1) is 16.3. The summed E-state index contributed by atoms with van der Waals surface area (Å²) in [6.45, 7) is 1.43. The molecule has 0 aromatic heterocycles. The SMILES string of the molecule is COc1cccc(C(CNCc2ccccc2O)N(C)C)c1. The Morgan fingerprint density at radius 2 is 1.91 bits per heavy atom. The van der Waals surface area contributed by atoms with Crippen LogP contribution >= 0.6 is 0 Å². The van der Waals surface area contributed by atoms with E-state index in [4.69, 9.17) is 4.74 Å². The van der Waals surface area contributed by atoms with E-state index in [1.54, 1.807) is 13.2 Å². The minimum Gasteiger partial charge on any atom is -0.508 e. The summed E-state index contributed by atoms with van der Waals surface area (Å²) in [6, 6.07) is 15.8. The largest absolute Gasteiger partial charge is 0.508 e. The Kier molecular flexibility index (Phi) is 5.81. The van der Waals surface area contributed by atoms with Crippen molar-refractivity contribution in [3.8, 4) is 11.5 Å². The van der Waals surface area contributed by atoms with Crippen molar-refractivity contribution in [3.05, 3.63) is 59.7 Å². The monoisotopic (exact) mass is 300 g/mol. The van der Waals surface area contributed by atoms with Crippen LogP contribution in [0.25, 0.3) is 0 Å². The Hall–Kier alpha value is -2.04. The lowest BCUT2D eigenvalue weighted by Crippen LogP contribution is -2.30. The van der Waals surface area contributed by atoms with Crippen molar-refractivity contribution in [2.75, 3.05) is 27.7 Å². The highest BCUT2D eigenvalue weighted by Crippen LogP contribution is 2.22. The Morgan fingerprint density at radius 3 is 2.59 bits per heavy atom. The van der Waals surface area contributed by atoms with Crippen LogP contribution in [-0.4, -0.2) is 37.8 Å². The van der Waals surface area contributed by atoms with E-state index in [1.807, 2.05) is 30.3 Å². The van der Waals surface area contributed by atoms with Gasteiger partial charge >= 0.3 is 0 Å². The van der Waals surface area contributed by atoms with Crippen LogP contribution < -0.4 is 10.1 Å². The van der Waals surface area contributed by atoms with Crippen molar-refractivity contribution in [2.24, 2.45) is 0 Å².